The maximum atomic E-state index is 4.52. The van der Waals surface area contributed by atoms with Gasteiger partial charge in [-0.15, -0.1) is 11.3 Å². The molecule has 1 fully saturated rings. The van der Waals surface area contributed by atoms with Crippen molar-refractivity contribution in [3.63, 3.8) is 0 Å². The third-order valence-corrected chi connectivity index (χ3v) is 5.45. The lowest BCUT2D eigenvalue weighted by atomic mass is 9.84. The Balaban J connectivity index is 1.95. The van der Waals surface area contributed by atoms with Gasteiger partial charge in [-0.05, 0) is 45.6 Å². The second-order valence-corrected chi connectivity index (χ2v) is 6.80. The largest absolute Gasteiger partial charge is 0.316 e. The van der Waals surface area contributed by atoms with E-state index in [0.717, 1.165) is 13.1 Å². The van der Waals surface area contributed by atoms with Crippen molar-refractivity contribution in [3.8, 4) is 0 Å². The minimum absolute atomic E-state index is 0.417. The molecule has 1 aromatic heterocycles. The zero-order valence-electron chi connectivity index (χ0n) is 12.0. The van der Waals surface area contributed by atoms with Crippen molar-refractivity contribution >= 4 is 11.3 Å². The highest BCUT2D eigenvalue weighted by Gasteiger charge is 2.32. The van der Waals surface area contributed by atoms with Crippen LogP contribution in [0.15, 0.2) is 0 Å². The summed E-state index contributed by atoms with van der Waals surface area (Å²) < 4.78 is 0. The number of aromatic nitrogens is 1. The average Bonchev–Trinajstić information content (AvgIpc) is 2.94. The lowest BCUT2D eigenvalue weighted by Gasteiger charge is -2.28. The topological polar surface area (TPSA) is 37.0 Å². The molecule has 4 heteroatoms. The number of nitrogens with zero attached hydrogens (tertiary/aromatic N) is 1. The summed E-state index contributed by atoms with van der Waals surface area (Å²) in [6.07, 6.45) is 2.55. The molecule has 2 N–H and O–H groups in total. The first-order valence-corrected chi connectivity index (χ1v) is 7.76. The fraction of sp³-hybridized carbons (Fsp3) is 0.786. The highest BCUT2D eigenvalue weighted by atomic mass is 32.1. The van der Waals surface area contributed by atoms with Gasteiger partial charge >= 0.3 is 0 Å². The number of aryl methyl sites for hydroxylation is 2. The minimum atomic E-state index is 0.417. The molecular formula is C14H25N3S. The fourth-order valence-electron chi connectivity index (χ4n) is 2.78. The lowest BCUT2D eigenvalue weighted by Crippen LogP contribution is -2.36. The van der Waals surface area contributed by atoms with E-state index in [1.165, 1.54) is 35.0 Å². The molecule has 2 heterocycles. The molecule has 1 saturated heterocycles. The number of thiazole rings is 1. The van der Waals surface area contributed by atoms with Crippen LogP contribution in [0.25, 0.3) is 0 Å². The van der Waals surface area contributed by atoms with Crippen LogP contribution >= 0.6 is 11.3 Å². The quantitative estimate of drug-likeness (QED) is 0.861. The van der Waals surface area contributed by atoms with Crippen LogP contribution < -0.4 is 10.6 Å². The van der Waals surface area contributed by atoms with E-state index in [1.54, 1.807) is 0 Å². The van der Waals surface area contributed by atoms with Crippen LogP contribution in [0.4, 0.5) is 0 Å². The van der Waals surface area contributed by atoms with Crippen molar-refractivity contribution in [2.75, 3.05) is 19.6 Å². The van der Waals surface area contributed by atoms with E-state index in [4.69, 9.17) is 0 Å². The van der Waals surface area contributed by atoms with E-state index < -0.39 is 0 Å². The summed E-state index contributed by atoms with van der Waals surface area (Å²) in [6, 6.07) is 0.417. The maximum Gasteiger partial charge on any atom is 0.0900 e. The van der Waals surface area contributed by atoms with Crippen molar-refractivity contribution < 1.29 is 0 Å². The Morgan fingerprint density at radius 3 is 2.78 bits per heavy atom. The minimum Gasteiger partial charge on any atom is -0.316 e. The van der Waals surface area contributed by atoms with Crippen molar-refractivity contribution in [2.45, 2.75) is 46.6 Å². The summed E-state index contributed by atoms with van der Waals surface area (Å²) in [5, 5.41) is 8.38. The van der Waals surface area contributed by atoms with Gasteiger partial charge in [-0.2, -0.15) is 0 Å². The van der Waals surface area contributed by atoms with Gasteiger partial charge in [0.2, 0.25) is 0 Å². The van der Waals surface area contributed by atoms with Crippen LogP contribution in [0.3, 0.4) is 0 Å². The summed E-state index contributed by atoms with van der Waals surface area (Å²) >= 11 is 1.82. The van der Waals surface area contributed by atoms with Crippen LogP contribution in [-0.4, -0.2) is 24.6 Å². The summed E-state index contributed by atoms with van der Waals surface area (Å²) in [6.45, 7) is 12.2. The first kappa shape index (κ1) is 14.0. The first-order chi connectivity index (χ1) is 8.56. The molecule has 3 nitrogen and oxygen atoms in total. The highest BCUT2D eigenvalue weighted by molar-refractivity contribution is 7.11. The monoisotopic (exact) mass is 267 g/mol. The smallest absolute Gasteiger partial charge is 0.0900 e. The van der Waals surface area contributed by atoms with E-state index in [2.05, 4.69) is 43.3 Å². The Morgan fingerprint density at radius 2 is 2.28 bits per heavy atom. The molecule has 102 valence electrons. The molecule has 0 aromatic carbocycles. The molecule has 0 amide bonds. The van der Waals surface area contributed by atoms with E-state index in [-0.39, 0.29) is 0 Å². The van der Waals surface area contributed by atoms with Gasteiger partial charge in [0.1, 0.15) is 0 Å². The van der Waals surface area contributed by atoms with E-state index in [0.29, 0.717) is 11.5 Å². The fourth-order valence-corrected chi connectivity index (χ4v) is 3.74. The van der Waals surface area contributed by atoms with Gasteiger partial charge in [0.25, 0.3) is 0 Å². The highest BCUT2D eigenvalue weighted by Crippen LogP contribution is 2.30. The predicted molar refractivity (Wildman–Crippen MR) is 78.2 cm³/mol. The van der Waals surface area contributed by atoms with Gasteiger partial charge in [0.05, 0.1) is 10.7 Å². The second kappa shape index (κ2) is 5.68. The zero-order valence-corrected chi connectivity index (χ0v) is 12.8. The van der Waals surface area contributed by atoms with Gasteiger partial charge in [-0.1, -0.05) is 6.92 Å². The van der Waals surface area contributed by atoms with Crippen molar-refractivity contribution in [1.29, 1.82) is 0 Å². The van der Waals surface area contributed by atoms with Crippen LogP contribution in [-0.2, 0) is 0 Å². The molecule has 2 rings (SSSR count). The molecule has 0 saturated carbocycles. The summed E-state index contributed by atoms with van der Waals surface area (Å²) in [7, 11) is 0. The van der Waals surface area contributed by atoms with Crippen LogP contribution in [0.1, 0.15) is 48.3 Å². The average molecular weight is 267 g/mol. The first-order valence-electron chi connectivity index (χ1n) is 6.94. The number of nitrogens with one attached hydrogen (secondary N) is 2. The molecule has 0 aliphatic carbocycles. The van der Waals surface area contributed by atoms with Crippen LogP contribution in [0, 0.1) is 19.3 Å². The molecule has 18 heavy (non-hydrogen) atoms. The van der Waals surface area contributed by atoms with Gasteiger partial charge < -0.3 is 10.6 Å². The Labute approximate surface area is 114 Å². The lowest BCUT2D eigenvalue weighted by molar-refractivity contribution is 0.281. The molecular weight excluding hydrogens is 242 g/mol. The van der Waals surface area contributed by atoms with E-state index >= 15 is 0 Å². The molecule has 1 aliphatic heterocycles. The summed E-state index contributed by atoms with van der Waals surface area (Å²) in [5.41, 5.74) is 1.65. The Morgan fingerprint density at radius 1 is 1.50 bits per heavy atom. The summed E-state index contributed by atoms with van der Waals surface area (Å²) in [4.78, 5) is 5.91. The molecule has 1 aliphatic rings. The van der Waals surface area contributed by atoms with Gasteiger partial charge in [-0.3, -0.25) is 0 Å². The van der Waals surface area contributed by atoms with Crippen molar-refractivity contribution in [3.05, 3.63) is 15.6 Å². The standard InChI is InChI=1S/C14H25N3S/c1-5-14(6-7-15-8-14)9-16-10(2)13-11(3)17-12(4)18-13/h10,15-16H,5-9H2,1-4H3. The predicted octanol–water partition coefficient (Wildman–Crippen LogP) is 2.80. The van der Waals surface area contributed by atoms with E-state index in [1.807, 2.05) is 11.3 Å². The van der Waals surface area contributed by atoms with Gasteiger partial charge in [0, 0.05) is 24.0 Å². The number of rotatable bonds is 5. The summed E-state index contributed by atoms with van der Waals surface area (Å²) in [5.74, 6) is 0. The number of hydrogen-bond donors (Lipinski definition) is 2. The van der Waals surface area contributed by atoms with Crippen LogP contribution in [0.5, 0.6) is 0 Å². The SMILES string of the molecule is CCC1(CNC(C)c2sc(C)nc2C)CCNC1. The number of hydrogen-bond acceptors (Lipinski definition) is 4. The van der Waals surface area contributed by atoms with E-state index in [9.17, 15) is 0 Å². The Hall–Kier alpha value is -0.450. The van der Waals surface area contributed by atoms with Crippen molar-refractivity contribution in [1.82, 2.24) is 15.6 Å². The third kappa shape index (κ3) is 2.92. The van der Waals surface area contributed by atoms with Crippen molar-refractivity contribution in [2.24, 2.45) is 5.41 Å². The van der Waals surface area contributed by atoms with Gasteiger partial charge in [-0.25, -0.2) is 4.98 Å². The molecule has 0 bridgehead atoms. The molecule has 0 spiro atoms. The molecule has 2 unspecified atom stereocenters. The zero-order chi connectivity index (χ0) is 13.2. The molecule has 1 aromatic rings. The normalized spacial score (nSPS) is 25.6. The Kier molecular flexibility index (Phi) is 4.41. The Bertz CT molecular complexity index is 394. The van der Waals surface area contributed by atoms with Crippen LogP contribution in [0.2, 0.25) is 0 Å². The second-order valence-electron chi connectivity index (χ2n) is 5.57. The molecule has 0 radical (unpaired) electrons. The maximum absolute atomic E-state index is 4.52. The molecule has 2 atom stereocenters. The third-order valence-electron chi connectivity index (χ3n) is 4.20. The van der Waals surface area contributed by atoms with Gasteiger partial charge in [0.15, 0.2) is 0 Å².